The molecule has 0 aromatic rings. The summed E-state index contributed by atoms with van der Waals surface area (Å²) >= 11 is 0. The van der Waals surface area contributed by atoms with Gasteiger partial charge in [-0.05, 0) is 53.5 Å². The molecule has 2 N–H and O–H groups in total. The number of likely N-dealkylation sites (tertiary alicyclic amines) is 1. The molecule has 1 saturated heterocycles. The first-order valence-electron chi connectivity index (χ1n) is 8.62. The molecule has 0 bridgehead atoms. The Bertz CT molecular complexity index is 410. The highest BCUT2D eigenvalue weighted by Crippen LogP contribution is 2.21. The lowest BCUT2D eigenvalue weighted by Gasteiger charge is -2.40. The van der Waals surface area contributed by atoms with Gasteiger partial charge >= 0.3 is 6.09 Å². The van der Waals surface area contributed by atoms with E-state index in [4.69, 9.17) is 4.74 Å². The van der Waals surface area contributed by atoms with Crippen molar-refractivity contribution in [2.45, 2.75) is 78.0 Å². The van der Waals surface area contributed by atoms with E-state index in [2.05, 4.69) is 29.4 Å². The molecule has 0 spiro atoms. The lowest BCUT2D eigenvalue weighted by Crippen LogP contribution is -2.58. The van der Waals surface area contributed by atoms with E-state index in [1.54, 1.807) is 20.8 Å². The average Bonchev–Trinajstić information content (AvgIpc) is 2.43. The van der Waals surface area contributed by atoms with Crippen LogP contribution in [-0.4, -0.2) is 53.7 Å². The molecular formula is C17H33N3O3. The van der Waals surface area contributed by atoms with E-state index in [1.807, 2.05) is 6.92 Å². The second kappa shape index (κ2) is 7.99. The maximum absolute atomic E-state index is 12.5. The number of rotatable bonds is 5. The average molecular weight is 327 g/mol. The van der Waals surface area contributed by atoms with E-state index in [0.29, 0.717) is 6.42 Å². The minimum Gasteiger partial charge on any atom is -0.444 e. The molecule has 0 aromatic heterocycles. The van der Waals surface area contributed by atoms with Crippen molar-refractivity contribution in [3.8, 4) is 0 Å². The van der Waals surface area contributed by atoms with Crippen LogP contribution >= 0.6 is 0 Å². The molecule has 23 heavy (non-hydrogen) atoms. The molecule has 1 heterocycles. The molecule has 0 aliphatic carbocycles. The number of piperidine rings is 1. The summed E-state index contributed by atoms with van der Waals surface area (Å²) < 4.78 is 5.23. The second-order valence-electron chi connectivity index (χ2n) is 7.59. The summed E-state index contributed by atoms with van der Waals surface area (Å²) in [5, 5.41) is 5.79. The van der Waals surface area contributed by atoms with Crippen molar-refractivity contribution in [3.05, 3.63) is 0 Å². The van der Waals surface area contributed by atoms with Crippen LogP contribution in [0.15, 0.2) is 0 Å². The molecule has 1 fully saturated rings. The Balaban J connectivity index is 2.55. The van der Waals surface area contributed by atoms with E-state index in [0.717, 1.165) is 32.5 Å². The lowest BCUT2D eigenvalue weighted by molar-refractivity contribution is -0.125. The SMILES string of the molecule is CCC(NC(=O)OC(C)(C)C)C(=O)NC1(C)CCN(CC)CC1. The number of alkyl carbamates (subject to hydrolysis) is 1. The molecule has 6 heteroatoms. The summed E-state index contributed by atoms with van der Waals surface area (Å²) in [6, 6.07) is -0.564. The van der Waals surface area contributed by atoms with Gasteiger partial charge in [0.25, 0.3) is 0 Å². The maximum atomic E-state index is 12.5. The summed E-state index contributed by atoms with van der Waals surface area (Å²) in [6.07, 6.45) is 1.83. The van der Waals surface area contributed by atoms with Gasteiger partial charge in [-0.15, -0.1) is 0 Å². The van der Waals surface area contributed by atoms with Gasteiger partial charge in [0.1, 0.15) is 11.6 Å². The van der Waals surface area contributed by atoms with Crippen molar-refractivity contribution in [1.29, 1.82) is 0 Å². The van der Waals surface area contributed by atoms with Crippen LogP contribution in [0, 0.1) is 0 Å². The third-order valence-corrected chi connectivity index (χ3v) is 4.25. The van der Waals surface area contributed by atoms with E-state index < -0.39 is 17.7 Å². The zero-order valence-electron chi connectivity index (χ0n) is 15.5. The Kier molecular flexibility index (Phi) is 6.86. The number of ether oxygens (including phenoxy) is 1. The number of carbonyl (C=O) groups excluding carboxylic acids is 2. The topological polar surface area (TPSA) is 70.7 Å². The van der Waals surface area contributed by atoms with Crippen LogP contribution in [0.4, 0.5) is 4.79 Å². The van der Waals surface area contributed by atoms with Crippen molar-refractivity contribution in [2.24, 2.45) is 0 Å². The Morgan fingerprint density at radius 1 is 1.22 bits per heavy atom. The lowest BCUT2D eigenvalue weighted by atomic mass is 9.89. The summed E-state index contributed by atoms with van der Waals surface area (Å²) in [6.45, 7) is 14.5. The van der Waals surface area contributed by atoms with E-state index in [1.165, 1.54) is 0 Å². The smallest absolute Gasteiger partial charge is 0.408 e. The minimum absolute atomic E-state index is 0.134. The molecule has 1 atom stereocenters. The van der Waals surface area contributed by atoms with Gasteiger partial charge in [-0.3, -0.25) is 4.79 Å². The highest BCUT2D eigenvalue weighted by Gasteiger charge is 2.33. The van der Waals surface area contributed by atoms with Crippen LogP contribution in [0.3, 0.4) is 0 Å². The van der Waals surface area contributed by atoms with Crippen LogP contribution in [0.1, 0.15) is 60.8 Å². The van der Waals surface area contributed by atoms with Crippen molar-refractivity contribution in [2.75, 3.05) is 19.6 Å². The summed E-state index contributed by atoms with van der Waals surface area (Å²) in [5.41, 5.74) is -0.774. The van der Waals surface area contributed by atoms with Gasteiger partial charge in [-0.25, -0.2) is 4.79 Å². The van der Waals surface area contributed by atoms with Gasteiger partial charge in [0.05, 0.1) is 0 Å². The number of hydrogen-bond acceptors (Lipinski definition) is 4. The molecule has 0 radical (unpaired) electrons. The summed E-state index contributed by atoms with van der Waals surface area (Å²) in [5.74, 6) is -0.134. The number of carbonyl (C=O) groups is 2. The molecule has 0 aromatic carbocycles. The van der Waals surface area contributed by atoms with Gasteiger partial charge in [0, 0.05) is 18.6 Å². The van der Waals surface area contributed by atoms with Crippen LogP contribution in [-0.2, 0) is 9.53 Å². The first-order chi connectivity index (χ1) is 10.6. The monoisotopic (exact) mass is 327 g/mol. The fourth-order valence-corrected chi connectivity index (χ4v) is 2.68. The van der Waals surface area contributed by atoms with Crippen LogP contribution in [0.5, 0.6) is 0 Å². The maximum Gasteiger partial charge on any atom is 0.408 e. The zero-order chi connectivity index (χ0) is 17.7. The van der Waals surface area contributed by atoms with Crippen LogP contribution in [0.25, 0.3) is 0 Å². The van der Waals surface area contributed by atoms with Gasteiger partial charge in [0.15, 0.2) is 0 Å². The van der Waals surface area contributed by atoms with Gasteiger partial charge in [-0.2, -0.15) is 0 Å². The van der Waals surface area contributed by atoms with Crippen molar-refractivity contribution in [1.82, 2.24) is 15.5 Å². The molecule has 1 rings (SSSR count). The van der Waals surface area contributed by atoms with Crippen LogP contribution in [0.2, 0.25) is 0 Å². The van der Waals surface area contributed by atoms with Crippen LogP contribution < -0.4 is 10.6 Å². The quantitative estimate of drug-likeness (QED) is 0.813. The number of nitrogens with zero attached hydrogens (tertiary/aromatic N) is 1. The summed E-state index contributed by atoms with van der Waals surface area (Å²) in [4.78, 5) is 26.8. The minimum atomic E-state index is -0.572. The molecule has 6 nitrogen and oxygen atoms in total. The highest BCUT2D eigenvalue weighted by atomic mass is 16.6. The third-order valence-electron chi connectivity index (χ3n) is 4.25. The largest absolute Gasteiger partial charge is 0.444 e. The van der Waals surface area contributed by atoms with E-state index >= 15 is 0 Å². The summed E-state index contributed by atoms with van der Waals surface area (Å²) in [7, 11) is 0. The first kappa shape index (κ1) is 19.7. The third kappa shape index (κ3) is 6.77. The highest BCUT2D eigenvalue weighted by molar-refractivity contribution is 5.86. The predicted molar refractivity (Wildman–Crippen MR) is 91.3 cm³/mol. The van der Waals surface area contributed by atoms with Crippen molar-refractivity contribution in [3.63, 3.8) is 0 Å². The Labute approximate surface area is 140 Å². The normalized spacial score (nSPS) is 19.7. The van der Waals surface area contributed by atoms with Gasteiger partial charge in [0.2, 0.25) is 5.91 Å². The number of hydrogen-bond donors (Lipinski definition) is 2. The fraction of sp³-hybridized carbons (Fsp3) is 0.882. The Morgan fingerprint density at radius 2 is 1.78 bits per heavy atom. The molecule has 134 valence electrons. The number of amides is 2. The molecule has 1 aliphatic rings. The fourth-order valence-electron chi connectivity index (χ4n) is 2.68. The Morgan fingerprint density at radius 3 is 2.22 bits per heavy atom. The van der Waals surface area contributed by atoms with E-state index in [9.17, 15) is 9.59 Å². The van der Waals surface area contributed by atoms with Gasteiger partial charge < -0.3 is 20.3 Å². The standard InChI is InChI=1S/C17H33N3O3/c1-7-13(18-15(22)23-16(3,4)5)14(21)19-17(6)9-11-20(8-2)12-10-17/h13H,7-12H2,1-6H3,(H,18,22)(H,19,21). The molecule has 0 saturated carbocycles. The van der Waals surface area contributed by atoms with Crippen molar-refractivity contribution >= 4 is 12.0 Å². The molecular weight excluding hydrogens is 294 g/mol. The van der Waals surface area contributed by atoms with Gasteiger partial charge in [-0.1, -0.05) is 13.8 Å². The molecule has 2 amide bonds. The molecule has 1 aliphatic heterocycles. The van der Waals surface area contributed by atoms with E-state index in [-0.39, 0.29) is 11.4 Å². The second-order valence-corrected chi connectivity index (χ2v) is 7.59. The zero-order valence-corrected chi connectivity index (χ0v) is 15.5. The Hall–Kier alpha value is -1.30. The number of nitrogens with one attached hydrogen (secondary N) is 2. The van der Waals surface area contributed by atoms with Crippen molar-refractivity contribution < 1.29 is 14.3 Å². The first-order valence-corrected chi connectivity index (χ1v) is 8.62. The molecule has 1 unspecified atom stereocenters. The predicted octanol–water partition coefficient (Wildman–Crippen LogP) is 2.28.